The fraction of sp³-hybridized carbons (Fsp3) is 0. The van der Waals surface area contributed by atoms with Gasteiger partial charge in [0.15, 0.2) is 0 Å². The van der Waals surface area contributed by atoms with Crippen LogP contribution < -0.4 is 0 Å². The maximum atomic E-state index is 11.0. The second kappa shape index (κ2) is 4.72. The second-order valence-electron chi connectivity index (χ2n) is 3.62. The largest absolute Gasteiger partial charge is 0.291 e. The van der Waals surface area contributed by atoms with Gasteiger partial charge in [0.05, 0.1) is 33.1 Å². The Morgan fingerprint density at radius 2 is 1.50 bits per heavy atom. The number of nitrogens with zero attached hydrogens (tertiary/aromatic N) is 4. The van der Waals surface area contributed by atoms with Crippen molar-refractivity contribution in [1.82, 2.24) is 10.2 Å². The Morgan fingerprint density at radius 1 is 0.950 bits per heavy atom. The monoisotopic (exact) mass is 279 g/mol. The van der Waals surface area contributed by atoms with Gasteiger partial charge in [-0.3, -0.25) is 35.4 Å². The van der Waals surface area contributed by atoms with Crippen molar-refractivity contribution in [2.45, 2.75) is 0 Å². The highest BCUT2D eigenvalue weighted by Crippen LogP contribution is 2.40. The first kappa shape index (κ1) is 13.1. The number of non-ortho nitro benzene ring substituents is 1. The summed E-state index contributed by atoms with van der Waals surface area (Å²) in [7, 11) is 0. The van der Waals surface area contributed by atoms with Crippen molar-refractivity contribution in [3.8, 4) is 11.1 Å². The Bertz CT molecular complexity index is 675. The Kier molecular flexibility index (Phi) is 3.08. The molecule has 0 aliphatic heterocycles. The van der Waals surface area contributed by atoms with Crippen LogP contribution in [0.5, 0.6) is 0 Å². The molecule has 1 heterocycles. The Balaban J connectivity index is 2.85. The lowest BCUT2D eigenvalue weighted by atomic mass is 10.0. The molecule has 0 saturated heterocycles. The van der Waals surface area contributed by atoms with Gasteiger partial charge in [0.25, 0.3) is 17.1 Å². The lowest BCUT2D eigenvalue weighted by Crippen LogP contribution is -2.00. The van der Waals surface area contributed by atoms with Crippen LogP contribution in [0, 0.1) is 30.3 Å². The fourth-order valence-electron chi connectivity index (χ4n) is 1.67. The molecule has 1 aromatic heterocycles. The molecule has 0 aliphatic carbocycles. The van der Waals surface area contributed by atoms with E-state index in [1.807, 2.05) is 0 Å². The molecule has 11 heteroatoms. The molecular weight excluding hydrogens is 274 g/mol. The van der Waals surface area contributed by atoms with Crippen molar-refractivity contribution in [3.05, 3.63) is 54.9 Å². The number of hydrogen-bond acceptors (Lipinski definition) is 7. The number of benzene rings is 1. The maximum Gasteiger partial charge on any atom is 0.291 e. The third kappa shape index (κ3) is 2.14. The molecule has 1 N–H and O–H groups in total. The standard InChI is InChI=1S/C9H5N5O6/c15-12(16)6-1-7(13(17)18)9(5-3-10-11-4-5)8(2-6)14(19)20/h1-4H,(H,10,11). The van der Waals surface area contributed by atoms with Crippen LogP contribution >= 0.6 is 0 Å². The van der Waals surface area contributed by atoms with Crippen LogP contribution in [0.15, 0.2) is 24.5 Å². The van der Waals surface area contributed by atoms with Crippen molar-refractivity contribution >= 4 is 17.1 Å². The number of rotatable bonds is 4. The number of H-pyrrole nitrogens is 1. The summed E-state index contributed by atoms with van der Waals surface area (Å²) >= 11 is 0. The van der Waals surface area contributed by atoms with Gasteiger partial charge in [-0.25, -0.2) is 0 Å². The molecule has 2 rings (SSSR count). The fourth-order valence-corrected chi connectivity index (χ4v) is 1.67. The summed E-state index contributed by atoms with van der Waals surface area (Å²) in [6, 6.07) is 1.35. The molecule has 0 fully saturated rings. The van der Waals surface area contributed by atoms with Crippen molar-refractivity contribution in [2.75, 3.05) is 0 Å². The number of hydrogen-bond donors (Lipinski definition) is 1. The summed E-state index contributed by atoms with van der Waals surface area (Å²) < 4.78 is 0. The van der Waals surface area contributed by atoms with Crippen LogP contribution in [-0.4, -0.2) is 25.0 Å². The first-order valence-corrected chi connectivity index (χ1v) is 5.02. The topological polar surface area (TPSA) is 158 Å². The van der Waals surface area contributed by atoms with Crippen LogP contribution in [0.25, 0.3) is 11.1 Å². The van der Waals surface area contributed by atoms with Crippen molar-refractivity contribution < 1.29 is 14.8 Å². The highest BCUT2D eigenvalue weighted by atomic mass is 16.6. The second-order valence-corrected chi connectivity index (χ2v) is 3.62. The quantitative estimate of drug-likeness (QED) is 0.659. The zero-order valence-corrected chi connectivity index (χ0v) is 9.55. The van der Waals surface area contributed by atoms with Crippen LogP contribution in [0.2, 0.25) is 0 Å². The van der Waals surface area contributed by atoms with Gasteiger partial charge >= 0.3 is 0 Å². The first-order chi connectivity index (χ1) is 9.41. The molecule has 2 aromatic rings. The van der Waals surface area contributed by atoms with Gasteiger partial charge in [-0.05, 0) is 0 Å². The van der Waals surface area contributed by atoms with Gasteiger partial charge in [-0.15, -0.1) is 0 Å². The zero-order chi connectivity index (χ0) is 14.9. The van der Waals surface area contributed by atoms with Gasteiger partial charge in [0.2, 0.25) is 0 Å². The molecule has 11 nitrogen and oxygen atoms in total. The van der Waals surface area contributed by atoms with Crippen LogP contribution in [0.3, 0.4) is 0 Å². The highest BCUT2D eigenvalue weighted by Gasteiger charge is 2.31. The summed E-state index contributed by atoms with van der Waals surface area (Å²) in [4.78, 5) is 29.9. The van der Waals surface area contributed by atoms with Crippen LogP contribution in [0.4, 0.5) is 17.1 Å². The molecule has 0 bridgehead atoms. The summed E-state index contributed by atoms with van der Waals surface area (Å²) in [5, 5.41) is 38.6. The molecule has 20 heavy (non-hydrogen) atoms. The maximum absolute atomic E-state index is 11.0. The number of aromatic amines is 1. The Hall–Kier alpha value is -3.37. The van der Waals surface area contributed by atoms with Crippen LogP contribution in [-0.2, 0) is 0 Å². The van der Waals surface area contributed by atoms with E-state index in [0.29, 0.717) is 12.1 Å². The molecule has 0 atom stereocenters. The molecule has 102 valence electrons. The minimum atomic E-state index is -0.931. The van der Waals surface area contributed by atoms with E-state index in [1.54, 1.807) is 0 Å². The summed E-state index contributed by atoms with van der Waals surface area (Å²) in [6.07, 6.45) is 2.38. The predicted octanol–water partition coefficient (Wildman–Crippen LogP) is 1.80. The SMILES string of the molecule is O=[N+]([O-])c1cc([N+](=O)[O-])c(-c2cn[nH]c2)c([N+](=O)[O-])c1. The third-order valence-corrected chi connectivity index (χ3v) is 2.47. The van der Waals surface area contributed by atoms with Gasteiger partial charge in [0, 0.05) is 11.8 Å². The smallest absolute Gasteiger partial charge is 0.285 e. The summed E-state index contributed by atoms with van der Waals surface area (Å²) in [6.45, 7) is 0. The molecular formula is C9H5N5O6. The number of nitro benzene ring substituents is 3. The predicted molar refractivity (Wildman–Crippen MR) is 64.0 cm³/mol. The molecule has 1 aromatic carbocycles. The Morgan fingerprint density at radius 3 is 1.85 bits per heavy atom. The van der Waals surface area contributed by atoms with E-state index in [9.17, 15) is 30.3 Å². The minimum Gasteiger partial charge on any atom is -0.285 e. The van der Waals surface area contributed by atoms with Crippen LogP contribution in [0.1, 0.15) is 0 Å². The van der Waals surface area contributed by atoms with Crippen molar-refractivity contribution in [2.24, 2.45) is 0 Å². The van der Waals surface area contributed by atoms with Gasteiger partial charge in [0.1, 0.15) is 5.56 Å². The minimum absolute atomic E-state index is 0.0956. The lowest BCUT2D eigenvalue weighted by Gasteiger charge is -2.02. The van der Waals surface area contributed by atoms with Gasteiger partial charge in [-0.1, -0.05) is 0 Å². The summed E-state index contributed by atoms with van der Waals surface area (Å²) in [5.41, 5.74) is -2.42. The molecule has 0 unspecified atom stereocenters. The number of aromatic nitrogens is 2. The number of nitro groups is 3. The van der Waals surface area contributed by atoms with E-state index in [0.717, 1.165) is 6.20 Å². The zero-order valence-electron chi connectivity index (χ0n) is 9.55. The molecule has 0 radical (unpaired) electrons. The number of nitrogens with one attached hydrogen (secondary N) is 1. The van der Waals surface area contributed by atoms with E-state index in [4.69, 9.17) is 0 Å². The normalized spacial score (nSPS) is 10.2. The molecule has 0 amide bonds. The van der Waals surface area contributed by atoms with Gasteiger partial charge < -0.3 is 0 Å². The molecule has 0 spiro atoms. The van der Waals surface area contributed by atoms with E-state index in [-0.39, 0.29) is 11.1 Å². The van der Waals surface area contributed by atoms with E-state index >= 15 is 0 Å². The highest BCUT2D eigenvalue weighted by molar-refractivity contribution is 5.83. The van der Waals surface area contributed by atoms with Gasteiger partial charge in [-0.2, -0.15) is 5.10 Å². The average molecular weight is 279 g/mol. The van der Waals surface area contributed by atoms with E-state index in [2.05, 4.69) is 10.2 Å². The average Bonchev–Trinajstić information content (AvgIpc) is 2.90. The van der Waals surface area contributed by atoms with E-state index < -0.39 is 31.8 Å². The van der Waals surface area contributed by atoms with E-state index in [1.165, 1.54) is 6.20 Å². The molecule has 0 saturated carbocycles. The molecule has 0 aliphatic rings. The lowest BCUT2D eigenvalue weighted by molar-refractivity contribution is -0.402. The summed E-state index contributed by atoms with van der Waals surface area (Å²) in [5.74, 6) is 0. The van der Waals surface area contributed by atoms with Crippen molar-refractivity contribution in [3.63, 3.8) is 0 Å². The third-order valence-electron chi connectivity index (χ3n) is 2.47. The Labute approximate surface area is 109 Å². The van der Waals surface area contributed by atoms with Crippen molar-refractivity contribution in [1.29, 1.82) is 0 Å². The first-order valence-electron chi connectivity index (χ1n) is 5.02.